The van der Waals surface area contributed by atoms with Crippen LogP contribution in [0.15, 0.2) is 30.5 Å². The molecular formula is C13H14N2O3. The lowest BCUT2D eigenvalue weighted by Gasteiger charge is -2.15. The molecule has 1 aromatic heterocycles. The zero-order valence-electron chi connectivity index (χ0n) is 10.2. The van der Waals surface area contributed by atoms with Gasteiger partial charge >= 0.3 is 6.09 Å². The minimum atomic E-state index is -1.05. The smallest absolute Gasteiger partial charge is 0.405 e. The summed E-state index contributed by atoms with van der Waals surface area (Å²) in [6, 6.07) is 7.29. The van der Waals surface area contributed by atoms with E-state index in [1.807, 2.05) is 24.3 Å². The summed E-state index contributed by atoms with van der Waals surface area (Å²) in [6.45, 7) is 1.78. The third kappa shape index (κ3) is 2.20. The number of benzene rings is 1. The number of pyridine rings is 1. The summed E-state index contributed by atoms with van der Waals surface area (Å²) >= 11 is 0. The summed E-state index contributed by atoms with van der Waals surface area (Å²) in [5.41, 5.74) is 0.828. The van der Waals surface area contributed by atoms with Crippen LogP contribution in [0.3, 0.4) is 0 Å². The van der Waals surface area contributed by atoms with Crippen molar-refractivity contribution < 1.29 is 14.6 Å². The van der Waals surface area contributed by atoms with E-state index in [4.69, 9.17) is 9.84 Å². The van der Waals surface area contributed by atoms with Crippen molar-refractivity contribution >= 4 is 16.9 Å². The Morgan fingerprint density at radius 3 is 2.67 bits per heavy atom. The van der Waals surface area contributed by atoms with E-state index in [9.17, 15) is 4.79 Å². The molecule has 0 aliphatic carbocycles. The highest BCUT2D eigenvalue weighted by Gasteiger charge is 2.14. The summed E-state index contributed by atoms with van der Waals surface area (Å²) in [5.74, 6) is 0.539. The van der Waals surface area contributed by atoms with Crippen LogP contribution in [0.25, 0.3) is 10.8 Å². The van der Waals surface area contributed by atoms with Gasteiger partial charge in [-0.2, -0.15) is 0 Å². The summed E-state index contributed by atoms with van der Waals surface area (Å²) in [6.07, 6.45) is 0.587. The Morgan fingerprint density at radius 2 is 2.06 bits per heavy atom. The molecule has 18 heavy (non-hydrogen) atoms. The first-order valence-corrected chi connectivity index (χ1v) is 5.54. The van der Waals surface area contributed by atoms with Crippen LogP contribution in [0.4, 0.5) is 4.79 Å². The molecule has 0 saturated heterocycles. The topological polar surface area (TPSA) is 71.5 Å². The minimum absolute atomic E-state index is 0.328. The standard InChI is InChI=1S/C13H14N2O3/c1-8(15-13(16)17)11-7-14-12(18-2)10-6-4-3-5-9(10)11/h3-8,15H,1-2H3,(H,16,17). The van der Waals surface area contributed by atoms with Crippen molar-refractivity contribution in [3.63, 3.8) is 0 Å². The molecule has 2 N–H and O–H groups in total. The average molecular weight is 246 g/mol. The van der Waals surface area contributed by atoms with Crippen molar-refractivity contribution in [2.75, 3.05) is 7.11 Å². The molecule has 0 aliphatic rings. The van der Waals surface area contributed by atoms with Crippen LogP contribution in [0, 0.1) is 0 Å². The van der Waals surface area contributed by atoms with Gasteiger partial charge < -0.3 is 15.2 Å². The third-order valence-electron chi connectivity index (χ3n) is 2.79. The van der Waals surface area contributed by atoms with Gasteiger partial charge in [0.1, 0.15) is 0 Å². The molecule has 0 spiro atoms. The van der Waals surface area contributed by atoms with Gasteiger partial charge in [0.2, 0.25) is 5.88 Å². The number of nitrogens with zero attached hydrogens (tertiary/aromatic N) is 1. The maximum absolute atomic E-state index is 10.7. The Labute approximate surface area is 104 Å². The minimum Gasteiger partial charge on any atom is -0.481 e. The Morgan fingerprint density at radius 1 is 1.39 bits per heavy atom. The Bertz CT molecular complexity index is 583. The number of hydrogen-bond donors (Lipinski definition) is 2. The fourth-order valence-corrected chi connectivity index (χ4v) is 1.96. The molecule has 0 radical (unpaired) electrons. The molecule has 1 aromatic carbocycles. The molecule has 0 bridgehead atoms. The molecule has 0 saturated carbocycles. The molecule has 2 aromatic rings. The van der Waals surface area contributed by atoms with Gasteiger partial charge in [-0.25, -0.2) is 9.78 Å². The lowest BCUT2D eigenvalue weighted by atomic mass is 10.0. The first-order valence-electron chi connectivity index (χ1n) is 5.54. The molecule has 1 atom stereocenters. The Kier molecular flexibility index (Phi) is 3.32. The van der Waals surface area contributed by atoms with Gasteiger partial charge in [0.15, 0.2) is 0 Å². The van der Waals surface area contributed by atoms with E-state index in [2.05, 4.69) is 10.3 Å². The van der Waals surface area contributed by atoms with E-state index in [1.54, 1.807) is 20.2 Å². The number of rotatable bonds is 3. The van der Waals surface area contributed by atoms with Gasteiger partial charge in [-0.15, -0.1) is 0 Å². The molecule has 1 amide bonds. The summed E-state index contributed by atoms with van der Waals surface area (Å²) in [5, 5.41) is 13.0. The monoisotopic (exact) mass is 246 g/mol. The van der Waals surface area contributed by atoms with Crippen LogP contribution in [0.2, 0.25) is 0 Å². The second kappa shape index (κ2) is 4.91. The quantitative estimate of drug-likeness (QED) is 0.873. The molecular weight excluding hydrogens is 232 g/mol. The second-order valence-corrected chi connectivity index (χ2v) is 3.94. The van der Waals surface area contributed by atoms with Crippen molar-refractivity contribution in [3.05, 3.63) is 36.0 Å². The maximum atomic E-state index is 10.7. The third-order valence-corrected chi connectivity index (χ3v) is 2.79. The number of aromatic nitrogens is 1. The predicted octanol–water partition coefficient (Wildman–Crippen LogP) is 2.57. The Hall–Kier alpha value is -2.30. The molecule has 5 nitrogen and oxygen atoms in total. The zero-order chi connectivity index (χ0) is 13.1. The average Bonchev–Trinajstić information content (AvgIpc) is 2.36. The first-order chi connectivity index (χ1) is 8.63. The molecule has 0 fully saturated rings. The van der Waals surface area contributed by atoms with Crippen molar-refractivity contribution in [3.8, 4) is 5.88 Å². The van der Waals surface area contributed by atoms with Crippen LogP contribution >= 0.6 is 0 Å². The number of carboxylic acid groups (broad SMARTS) is 1. The molecule has 1 heterocycles. The number of ether oxygens (including phenoxy) is 1. The van der Waals surface area contributed by atoms with Crippen molar-refractivity contribution in [1.82, 2.24) is 10.3 Å². The fraction of sp³-hybridized carbons (Fsp3) is 0.231. The summed E-state index contributed by atoms with van der Waals surface area (Å²) in [4.78, 5) is 14.9. The number of nitrogens with one attached hydrogen (secondary N) is 1. The number of carbonyl (C=O) groups is 1. The van der Waals surface area contributed by atoms with Crippen LogP contribution in [-0.4, -0.2) is 23.3 Å². The number of fused-ring (bicyclic) bond motifs is 1. The molecule has 94 valence electrons. The first kappa shape index (κ1) is 12.2. The summed E-state index contributed by atoms with van der Waals surface area (Å²) < 4.78 is 5.20. The van der Waals surface area contributed by atoms with E-state index in [-0.39, 0.29) is 6.04 Å². The van der Waals surface area contributed by atoms with E-state index in [1.165, 1.54) is 0 Å². The number of methoxy groups -OCH3 is 1. The second-order valence-electron chi connectivity index (χ2n) is 3.94. The largest absolute Gasteiger partial charge is 0.481 e. The van der Waals surface area contributed by atoms with Crippen LogP contribution in [0.1, 0.15) is 18.5 Å². The van der Waals surface area contributed by atoms with Gasteiger partial charge in [-0.05, 0) is 18.4 Å². The molecule has 0 aliphatic heterocycles. The SMILES string of the molecule is COc1ncc(C(C)NC(=O)O)c2ccccc12. The number of amides is 1. The molecule has 2 rings (SSSR count). The van der Waals surface area contributed by atoms with Crippen molar-refractivity contribution in [2.24, 2.45) is 0 Å². The highest BCUT2D eigenvalue weighted by atomic mass is 16.5. The highest BCUT2D eigenvalue weighted by molar-refractivity contribution is 5.90. The lowest BCUT2D eigenvalue weighted by molar-refractivity contribution is 0.191. The van der Waals surface area contributed by atoms with E-state index >= 15 is 0 Å². The van der Waals surface area contributed by atoms with Gasteiger partial charge in [0, 0.05) is 17.1 Å². The van der Waals surface area contributed by atoms with Gasteiger partial charge in [0.25, 0.3) is 0 Å². The van der Waals surface area contributed by atoms with Crippen molar-refractivity contribution in [2.45, 2.75) is 13.0 Å². The van der Waals surface area contributed by atoms with E-state index in [0.29, 0.717) is 5.88 Å². The summed E-state index contributed by atoms with van der Waals surface area (Å²) in [7, 11) is 1.56. The Balaban J connectivity index is 2.55. The van der Waals surface area contributed by atoms with Crippen molar-refractivity contribution in [1.29, 1.82) is 0 Å². The van der Waals surface area contributed by atoms with Crippen LogP contribution in [-0.2, 0) is 0 Å². The van der Waals surface area contributed by atoms with Gasteiger partial charge in [-0.1, -0.05) is 18.2 Å². The van der Waals surface area contributed by atoms with Crippen LogP contribution < -0.4 is 10.1 Å². The molecule has 5 heteroatoms. The highest BCUT2D eigenvalue weighted by Crippen LogP contribution is 2.29. The maximum Gasteiger partial charge on any atom is 0.405 e. The van der Waals surface area contributed by atoms with Gasteiger partial charge in [-0.3, -0.25) is 0 Å². The normalized spacial score (nSPS) is 12.1. The van der Waals surface area contributed by atoms with E-state index < -0.39 is 6.09 Å². The fourth-order valence-electron chi connectivity index (χ4n) is 1.96. The predicted molar refractivity (Wildman–Crippen MR) is 67.9 cm³/mol. The van der Waals surface area contributed by atoms with Crippen LogP contribution in [0.5, 0.6) is 5.88 Å². The molecule has 1 unspecified atom stereocenters. The van der Waals surface area contributed by atoms with E-state index in [0.717, 1.165) is 16.3 Å². The number of hydrogen-bond acceptors (Lipinski definition) is 3. The lowest BCUT2D eigenvalue weighted by Crippen LogP contribution is -2.24. The zero-order valence-corrected chi connectivity index (χ0v) is 10.2. The van der Waals surface area contributed by atoms with Gasteiger partial charge in [0.05, 0.1) is 13.2 Å².